The average molecular weight is 325 g/mol. The highest BCUT2D eigenvalue weighted by Gasteiger charge is 2.31. The first-order chi connectivity index (χ1) is 11.3. The van der Waals surface area contributed by atoms with Crippen molar-refractivity contribution in [2.75, 3.05) is 5.32 Å². The Bertz CT molecular complexity index is 775. The van der Waals surface area contributed by atoms with E-state index >= 15 is 0 Å². The van der Waals surface area contributed by atoms with Gasteiger partial charge in [-0.3, -0.25) is 5.32 Å². The molecule has 0 fully saturated rings. The molecule has 1 amide bonds. The zero-order chi connectivity index (χ0) is 17.3. The second-order valence-electron chi connectivity index (χ2n) is 6.62. The number of fused-ring (bicyclic) bond motifs is 1. The van der Waals surface area contributed by atoms with E-state index in [1.165, 1.54) is 0 Å². The second-order valence-corrected chi connectivity index (χ2v) is 6.62. The summed E-state index contributed by atoms with van der Waals surface area (Å²) in [5, 5.41) is 2.68. The zero-order valence-electron chi connectivity index (χ0n) is 13.8. The Morgan fingerprint density at radius 3 is 2.42 bits per heavy atom. The minimum Gasteiger partial charge on any atom is -0.449 e. The third-order valence-electron chi connectivity index (χ3n) is 3.55. The summed E-state index contributed by atoms with van der Waals surface area (Å²) in [5.41, 5.74) is 2.37. The summed E-state index contributed by atoms with van der Waals surface area (Å²) in [5.74, 6) is -0.313. The first kappa shape index (κ1) is 16.1. The van der Waals surface area contributed by atoms with Crippen LogP contribution in [0.5, 0.6) is 0 Å². The highest BCUT2D eigenvalue weighted by molar-refractivity contribution is 5.94. The first-order valence-electron chi connectivity index (χ1n) is 7.73. The van der Waals surface area contributed by atoms with Gasteiger partial charge >= 0.3 is 12.1 Å². The molecule has 1 aliphatic rings. The van der Waals surface area contributed by atoms with Gasteiger partial charge in [0, 0.05) is 11.3 Å². The predicted molar refractivity (Wildman–Crippen MR) is 90.0 cm³/mol. The summed E-state index contributed by atoms with van der Waals surface area (Å²) in [6, 6.07) is 14.5. The lowest BCUT2D eigenvalue weighted by Crippen LogP contribution is -2.27. The Morgan fingerprint density at radius 2 is 1.75 bits per heavy atom. The fourth-order valence-corrected chi connectivity index (χ4v) is 2.56. The predicted octanol–water partition coefficient (Wildman–Crippen LogP) is 4.29. The number of hydrogen-bond acceptors (Lipinski definition) is 4. The van der Waals surface area contributed by atoms with Crippen molar-refractivity contribution in [1.82, 2.24) is 0 Å². The summed E-state index contributed by atoms with van der Waals surface area (Å²) in [6.45, 7) is 5.42. The van der Waals surface area contributed by atoms with Crippen molar-refractivity contribution < 1.29 is 19.1 Å². The molecule has 5 nitrogen and oxygen atoms in total. The van der Waals surface area contributed by atoms with Crippen molar-refractivity contribution >= 4 is 17.7 Å². The fraction of sp³-hybridized carbons (Fsp3) is 0.263. The number of ether oxygens (including phenoxy) is 2. The molecule has 0 bridgehead atoms. The molecule has 124 valence electrons. The van der Waals surface area contributed by atoms with E-state index in [9.17, 15) is 9.59 Å². The molecule has 1 N–H and O–H groups in total. The SMILES string of the molecule is CC(C)(C)OC(=O)Nc1ccc(C2OC(=O)c3ccccc32)cc1. The van der Waals surface area contributed by atoms with Crippen LogP contribution in [0.3, 0.4) is 0 Å². The Hall–Kier alpha value is -2.82. The van der Waals surface area contributed by atoms with Gasteiger partial charge in [0.15, 0.2) is 6.10 Å². The van der Waals surface area contributed by atoms with E-state index in [0.29, 0.717) is 11.3 Å². The first-order valence-corrected chi connectivity index (χ1v) is 7.73. The smallest absolute Gasteiger partial charge is 0.412 e. The second kappa shape index (κ2) is 6.00. The maximum atomic E-state index is 11.9. The van der Waals surface area contributed by atoms with Crippen molar-refractivity contribution in [3.05, 3.63) is 65.2 Å². The van der Waals surface area contributed by atoms with Gasteiger partial charge in [0.1, 0.15) is 5.60 Å². The summed E-state index contributed by atoms with van der Waals surface area (Å²) in [7, 11) is 0. The topological polar surface area (TPSA) is 64.6 Å². The van der Waals surface area contributed by atoms with E-state index in [1.54, 1.807) is 18.2 Å². The van der Waals surface area contributed by atoms with Crippen LogP contribution in [0.15, 0.2) is 48.5 Å². The molecule has 24 heavy (non-hydrogen) atoms. The fourth-order valence-electron chi connectivity index (χ4n) is 2.56. The van der Waals surface area contributed by atoms with Crippen molar-refractivity contribution in [2.24, 2.45) is 0 Å². The van der Waals surface area contributed by atoms with Crippen LogP contribution in [0, 0.1) is 0 Å². The van der Waals surface area contributed by atoms with Crippen LogP contribution in [0.25, 0.3) is 0 Å². The van der Waals surface area contributed by atoms with Gasteiger partial charge in [0.05, 0.1) is 5.56 Å². The number of benzene rings is 2. The van der Waals surface area contributed by atoms with E-state index in [1.807, 2.05) is 51.1 Å². The molecule has 3 rings (SSSR count). The van der Waals surface area contributed by atoms with Gasteiger partial charge in [-0.1, -0.05) is 30.3 Å². The van der Waals surface area contributed by atoms with Gasteiger partial charge in [-0.05, 0) is 44.5 Å². The Balaban J connectivity index is 1.74. The number of nitrogens with one attached hydrogen (secondary N) is 1. The van der Waals surface area contributed by atoms with Crippen molar-refractivity contribution in [3.8, 4) is 0 Å². The Morgan fingerprint density at radius 1 is 1.08 bits per heavy atom. The van der Waals surface area contributed by atoms with Gasteiger partial charge in [0.25, 0.3) is 0 Å². The van der Waals surface area contributed by atoms with E-state index in [4.69, 9.17) is 9.47 Å². The van der Waals surface area contributed by atoms with Crippen molar-refractivity contribution in [1.29, 1.82) is 0 Å². The number of amides is 1. The van der Waals surface area contributed by atoms with Crippen LogP contribution < -0.4 is 5.32 Å². The molecule has 0 aliphatic carbocycles. The number of cyclic esters (lactones) is 1. The van der Waals surface area contributed by atoms with E-state index in [2.05, 4.69) is 5.32 Å². The normalized spacial score (nSPS) is 16.3. The van der Waals surface area contributed by atoms with Gasteiger partial charge in [-0.2, -0.15) is 0 Å². The molecule has 2 aromatic carbocycles. The van der Waals surface area contributed by atoms with Crippen molar-refractivity contribution in [2.45, 2.75) is 32.5 Å². The van der Waals surface area contributed by atoms with Gasteiger partial charge in [0.2, 0.25) is 0 Å². The maximum Gasteiger partial charge on any atom is 0.412 e. The number of rotatable bonds is 2. The lowest BCUT2D eigenvalue weighted by Gasteiger charge is -2.19. The molecule has 0 radical (unpaired) electrons. The third kappa shape index (κ3) is 3.40. The molecule has 0 saturated heterocycles. The lowest BCUT2D eigenvalue weighted by molar-refractivity contribution is 0.0455. The number of anilines is 1. The zero-order valence-corrected chi connectivity index (χ0v) is 13.8. The van der Waals surface area contributed by atoms with Gasteiger partial charge in [-0.15, -0.1) is 0 Å². The standard InChI is InChI=1S/C19H19NO4/c1-19(2,3)24-18(22)20-13-10-8-12(9-11-13)16-14-6-4-5-7-15(14)17(21)23-16/h4-11,16H,1-3H3,(H,20,22). The van der Waals surface area contributed by atoms with Crippen LogP contribution in [-0.4, -0.2) is 17.7 Å². The molecule has 1 unspecified atom stereocenters. The highest BCUT2D eigenvalue weighted by Crippen LogP contribution is 2.35. The summed E-state index contributed by atoms with van der Waals surface area (Å²) in [6.07, 6.45) is -0.919. The average Bonchev–Trinajstić information content (AvgIpc) is 2.84. The molecule has 1 aliphatic heterocycles. The molecule has 1 atom stereocenters. The van der Waals surface area contributed by atoms with Crippen molar-refractivity contribution in [3.63, 3.8) is 0 Å². The van der Waals surface area contributed by atoms with E-state index < -0.39 is 17.8 Å². The van der Waals surface area contributed by atoms with E-state index in [0.717, 1.165) is 11.1 Å². The minimum absolute atomic E-state index is 0.313. The molecule has 1 heterocycles. The van der Waals surface area contributed by atoms with Crippen LogP contribution in [-0.2, 0) is 9.47 Å². The number of carbonyl (C=O) groups is 2. The highest BCUT2D eigenvalue weighted by atomic mass is 16.6. The summed E-state index contributed by atoms with van der Waals surface area (Å²) >= 11 is 0. The van der Waals surface area contributed by atoms with Crippen LogP contribution in [0.2, 0.25) is 0 Å². The quantitative estimate of drug-likeness (QED) is 0.836. The van der Waals surface area contributed by atoms with Crippen LogP contribution >= 0.6 is 0 Å². The number of carbonyl (C=O) groups excluding carboxylic acids is 2. The Kier molecular flexibility index (Phi) is 4.01. The molecular weight excluding hydrogens is 306 g/mol. The van der Waals surface area contributed by atoms with Crippen LogP contribution in [0.1, 0.15) is 48.4 Å². The molecule has 5 heteroatoms. The number of hydrogen-bond donors (Lipinski definition) is 1. The molecule has 0 spiro atoms. The molecule has 2 aromatic rings. The summed E-state index contributed by atoms with van der Waals surface area (Å²) in [4.78, 5) is 23.7. The monoisotopic (exact) mass is 325 g/mol. The molecular formula is C19H19NO4. The number of esters is 1. The summed E-state index contributed by atoms with van der Waals surface area (Å²) < 4.78 is 10.7. The van der Waals surface area contributed by atoms with Crippen LogP contribution in [0.4, 0.5) is 10.5 Å². The Labute approximate surface area is 140 Å². The largest absolute Gasteiger partial charge is 0.449 e. The van der Waals surface area contributed by atoms with Gasteiger partial charge < -0.3 is 9.47 Å². The molecule has 0 aromatic heterocycles. The lowest BCUT2D eigenvalue weighted by atomic mass is 9.99. The van der Waals surface area contributed by atoms with Gasteiger partial charge in [-0.25, -0.2) is 9.59 Å². The maximum absolute atomic E-state index is 11.9. The third-order valence-corrected chi connectivity index (χ3v) is 3.55. The van der Waals surface area contributed by atoms with E-state index in [-0.39, 0.29) is 5.97 Å². The molecule has 0 saturated carbocycles. The minimum atomic E-state index is -0.550.